The zero-order valence-electron chi connectivity index (χ0n) is 10.5. The van der Waals surface area contributed by atoms with Crippen LogP contribution < -0.4 is 0 Å². The molecule has 1 aliphatic rings. The predicted molar refractivity (Wildman–Crippen MR) is 63.1 cm³/mol. The predicted octanol–water partition coefficient (Wildman–Crippen LogP) is 2.56. The van der Waals surface area contributed by atoms with Gasteiger partial charge in [0.1, 0.15) is 0 Å². The number of rotatable bonds is 4. The van der Waals surface area contributed by atoms with Gasteiger partial charge in [0.15, 0.2) is 0 Å². The van der Waals surface area contributed by atoms with Crippen LogP contribution in [-0.4, -0.2) is 26.3 Å². The lowest BCUT2D eigenvalue weighted by Crippen LogP contribution is -2.41. The lowest BCUT2D eigenvalue weighted by Gasteiger charge is -2.39. The molecule has 0 amide bonds. The van der Waals surface area contributed by atoms with Crippen molar-refractivity contribution >= 4 is 5.97 Å². The number of ether oxygens (including phenoxy) is 2. The second-order valence-electron chi connectivity index (χ2n) is 5.25. The maximum Gasteiger partial charge on any atom is 0.312 e. The average molecular weight is 226 g/mol. The summed E-state index contributed by atoms with van der Waals surface area (Å²) in [6.07, 6.45) is 4.18. The van der Waals surface area contributed by atoms with Crippen LogP contribution in [0.5, 0.6) is 0 Å². The summed E-state index contributed by atoms with van der Waals surface area (Å²) in [5.41, 5.74) is -0.434. The van der Waals surface area contributed by atoms with Crippen LogP contribution in [0.25, 0.3) is 0 Å². The number of carbonyl (C=O) groups excluding carboxylic acids is 1. The van der Waals surface area contributed by atoms with Crippen LogP contribution in [0.2, 0.25) is 0 Å². The molecule has 16 heavy (non-hydrogen) atoms. The molecule has 0 saturated carbocycles. The summed E-state index contributed by atoms with van der Waals surface area (Å²) in [5.74, 6) is -0.106. The van der Waals surface area contributed by atoms with E-state index < -0.39 is 0 Å². The van der Waals surface area contributed by atoms with E-state index in [4.69, 9.17) is 9.47 Å². The first-order chi connectivity index (χ1) is 7.46. The van der Waals surface area contributed by atoms with E-state index in [1.165, 1.54) is 7.11 Å². The molecular weight excluding hydrogens is 204 g/mol. The van der Waals surface area contributed by atoms with Gasteiger partial charge in [-0.2, -0.15) is 0 Å². The van der Waals surface area contributed by atoms with E-state index in [1.807, 2.05) is 6.08 Å². The summed E-state index contributed by atoms with van der Waals surface area (Å²) in [7, 11) is 1.46. The van der Waals surface area contributed by atoms with Crippen molar-refractivity contribution in [3.8, 4) is 0 Å². The van der Waals surface area contributed by atoms with Gasteiger partial charge >= 0.3 is 5.97 Å². The van der Waals surface area contributed by atoms with E-state index in [1.54, 1.807) is 0 Å². The molecule has 1 saturated heterocycles. The fourth-order valence-electron chi connectivity index (χ4n) is 2.38. The minimum absolute atomic E-state index is 0.0501. The molecule has 1 aliphatic heterocycles. The van der Waals surface area contributed by atoms with Crippen LogP contribution in [0.1, 0.15) is 33.1 Å². The zero-order valence-corrected chi connectivity index (χ0v) is 10.5. The molecule has 3 heteroatoms. The first-order valence-electron chi connectivity index (χ1n) is 5.75. The standard InChI is InChI=1S/C13H22O3/c1-5-12(2,3)10-13(11(14)15-4)6-8-16-9-7-13/h5H,1,6-10H2,2-4H3. The van der Waals surface area contributed by atoms with Gasteiger partial charge in [0.25, 0.3) is 0 Å². The van der Waals surface area contributed by atoms with Crippen molar-refractivity contribution in [3.63, 3.8) is 0 Å². The van der Waals surface area contributed by atoms with Crippen molar-refractivity contribution in [1.29, 1.82) is 0 Å². The van der Waals surface area contributed by atoms with Gasteiger partial charge in [-0.15, -0.1) is 6.58 Å². The molecule has 0 aliphatic carbocycles. The van der Waals surface area contributed by atoms with Gasteiger partial charge in [0.2, 0.25) is 0 Å². The molecule has 0 aromatic heterocycles. The number of hydrogen-bond acceptors (Lipinski definition) is 3. The van der Waals surface area contributed by atoms with E-state index in [9.17, 15) is 4.79 Å². The van der Waals surface area contributed by atoms with Gasteiger partial charge < -0.3 is 9.47 Å². The van der Waals surface area contributed by atoms with Crippen LogP contribution >= 0.6 is 0 Å². The summed E-state index contributed by atoms with van der Waals surface area (Å²) in [6, 6.07) is 0. The van der Waals surface area contributed by atoms with Gasteiger partial charge in [-0.3, -0.25) is 4.79 Å². The molecular formula is C13H22O3. The Kier molecular flexibility index (Phi) is 4.14. The van der Waals surface area contributed by atoms with Crippen LogP contribution in [0.3, 0.4) is 0 Å². The van der Waals surface area contributed by atoms with Crippen molar-refractivity contribution in [3.05, 3.63) is 12.7 Å². The third kappa shape index (κ3) is 2.85. The fraction of sp³-hybridized carbons (Fsp3) is 0.769. The lowest BCUT2D eigenvalue weighted by molar-refractivity contribution is -0.161. The molecule has 0 radical (unpaired) electrons. The molecule has 1 fully saturated rings. The molecule has 1 rings (SSSR count). The summed E-state index contributed by atoms with van der Waals surface area (Å²) in [4.78, 5) is 12.0. The maximum absolute atomic E-state index is 12.0. The Labute approximate surface area is 97.8 Å². The highest BCUT2D eigenvalue weighted by atomic mass is 16.5. The molecule has 0 atom stereocenters. The van der Waals surface area contributed by atoms with Crippen molar-refractivity contribution in [2.24, 2.45) is 10.8 Å². The lowest BCUT2D eigenvalue weighted by atomic mass is 9.68. The number of allylic oxidation sites excluding steroid dienone is 1. The van der Waals surface area contributed by atoms with Gasteiger partial charge in [0.05, 0.1) is 12.5 Å². The highest BCUT2D eigenvalue weighted by Crippen LogP contribution is 2.42. The maximum atomic E-state index is 12.0. The Morgan fingerprint density at radius 3 is 2.50 bits per heavy atom. The fourth-order valence-corrected chi connectivity index (χ4v) is 2.38. The van der Waals surface area contributed by atoms with Crippen molar-refractivity contribution < 1.29 is 14.3 Å². The third-order valence-corrected chi connectivity index (χ3v) is 3.41. The topological polar surface area (TPSA) is 35.5 Å². The van der Waals surface area contributed by atoms with Gasteiger partial charge in [-0.05, 0) is 24.7 Å². The van der Waals surface area contributed by atoms with Gasteiger partial charge in [0, 0.05) is 13.2 Å². The molecule has 0 bridgehead atoms. The van der Waals surface area contributed by atoms with E-state index in [0.717, 1.165) is 19.3 Å². The largest absolute Gasteiger partial charge is 0.469 e. The Balaban J connectivity index is 2.86. The Morgan fingerprint density at radius 1 is 1.50 bits per heavy atom. The minimum Gasteiger partial charge on any atom is -0.469 e. The number of carbonyl (C=O) groups is 1. The normalized spacial score (nSPS) is 20.2. The Bertz CT molecular complexity index is 262. The number of methoxy groups -OCH3 is 1. The highest BCUT2D eigenvalue weighted by molar-refractivity contribution is 5.77. The molecule has 0 spiro atoms. The summed E-state index contributed by atoms with van der Waals surface area (Å²) in [6.45, 7) is 9.31. The molecule has 92 valence electrons. The first kappa shape index (κ1) is 13.2. The summed E-state index contributed by atoms with van der Waals surface area (Å²) in [5, 5.41) is 0. The van der Waals surface area contributed by atoms with E-state index >= 15 is 0 Å². The van der Waals surface area contributed by atoms with Gasteiger partial charge in [-0.25, -0.2) is 0 Å². The monoisotopic (exact) mass is 226 g/mol. The molecule has 0 aromatic carbocycles. The Morgan fingerprint density at radius 2 is 2.06 bits per heavy atom. The SMILES string of the molecule is C=CC(C)(C)CC1(C(=O)OC)CCOCC1. The highest BCUT2D eigenvalue weighted by Gasteiger charge is 2.44. The summed E-state index contributed by atoms with van der Waals surface area (Å²) < 4.78 is 10.3. The smallest absolute Gasteiger partial charge is 0.312 e. The number of esters is 1. The van der Waals surface area contributed by atoms with Gasteiger partial charge in [-0.1, -0.05) is 19.9 Å². The second kappa shape index (κ2) is 5.00. The summed E-state index contributed by atoms with van der Waals surface area (Å²) >= 11 is 0. The van der Waals surface area contributed by atoms with Crippen LogP contribution in [0, 0.1) is 10.8 Å². The van der Waals surface area contributed by atoms with Crippen LogP contribution in [-0.2, 0) is 14.3 Å². The van der Waals surface area contributed by atoms with E-state index in [0.29, 0.717) is 13.2 Å². The quantitative estimate of drug-likeness (QED) is 0.546. The zero-order chi connectivity index (χ0) is 12.2. The molecule has 3 nitrogen and oxygen atoms in total. The molecule has 0 unspecified atom stereocenters. The van der Waals surface area contributed by atoms with Crippen LogP contribution in [0.15, 0.2) is 12.7 Å². The Hall–Kier alpha value is -0.830. The van der Waals surface area contributed by atoms with Crippen molar-refractivity contribution in [1.82, 2.24) is 0 Å². The minimum atomic E-state index is -0.384. The number of hydrogen-bond donors (Lipinski definition) is 0. The second-order valence-corrected chi connectivity index (χ2v) is 5.25. The van der Waals surface area contributed by atoms with E-state index in [-0.39, 0.29) is 16.8 Å². The third-order valence-electron chi connectivity index (χ3n) is 3.41. The van der Waals surface area contributed by atoms with E-state index in [2.05, 4.69) is 20.4 Å². The van der Waals surface area contributed by atoms with Crippen molar-refractivity contribution in [2.45, 2.75) is 33.1 Å². The average Bonchev–Trinajstić information content (AvgIpc) is 2.28. The van der Waals surface area contributed by atoms with Crippen molar-refractivity contribution in [2.75, 3.05) is 20.3 Å². The first-order valence-corrected chi connectivity index (χ1v) is 5.75. The molecule has 0 aromatic rings. The van der Waals surface area contributed by atoms with Crippen LogP contribution in [0.4, 0.5) is 0 Å². The molecule has 1 heterocycles. The molecule has 0 N–H and O–H groups in total.